The predicted molar refractivity (Wildman–Crippen MR) is 69.5 cm³/mol. The van der Waals surface area contributed by atoms with Crippen molar-refractivity contribution < 1.29 is 0 Å². The number of rotatable bonds is 4. The lowest BCUT2D eigenvalue weighted by Gasteiger charge is -2.30. The number of nitrogens with two attached hydrogens (primary N) is 1. The van der Waals surface area contributed by atoms with Crippen molar-refractivity contribution in [3.63, 3.8) is 0 Å². The van der Waals surface area contributed by atoms with Crippen molar-refractivity contribution in [2.75, 3.05) is 5.75 Å². The lowest BCUT2D eigenvalue weighted by Crippen LogP contribution is -2.34. The monoisotopic (exact) mass is 239 g/mol. The van der Waals surface area contributed by atoms with Crippen LogP contribution in [-0.4, -0.2) is 20.3 Å². The largest absolute Gasteiger partial charge is 0.322 e. The molecule has 1 aromatic heterocycles. The first kappa shape index (κ1) is 12.0. The number of hydrogen-bond donors (Lipinski definition) is 1. The lowest BCUT2D eigenvalue weighted by molar-refractivity contribution is 0.455. The predicted octanol–water partition coefficient (Wildman–Crippen LogP) is 2.58. The molecule has 2 unspecified atom stereocenters. The van der Waals surface area contributed by atoms with E-state index in [9.17, 15) is 0 Å². The molecule has 1 aliphatic heterocycles. The van der Waals surface area contributed by atoms with Gasteiger partial charge in [0.25, 0.3) is 0 Å². The minimum atomic E-state index is 0.106. The number of aromatic nitrogens is 2. The second-order valence-electron chi connectivity index (χ2n) is 4.72. The Balaban J connectivity index is 2.19. The number of hydrogen-bond acceptors (Lipinski definition) is 3. The Morgan fingerprint density at radius 2 is 2.50 bits per heavy atom. The molecule has 1 fully saturated rings. The number of aryl methyl sites for hydroxylation is 1. The summed E-state index contributed by atoms with van der Waals surface area (Å²) < 4.78 is 2.26. The highest BCUT2D eigenvalue weighted by molar-refractivity contribution is 8.00. The molecule has 0 bridgehead atoms. The molecule has 2 atom stereocenters. The van der Waals surface area contributed by atoms with Crippen LogP contribution in [0, 0.1) is 0 Å². The Labute approximate surface area is 102 Å². The molecule has 2 N–H and O–H groups in total. The molecule has 0 amide bonds. The zero-order chi connectivity index (χ0) is 11.6. The van der Waals surface area contributed by atoms with Crippen LogP contribution in [0.4, 0.5) is 0 Å². The molecule has 0 saturated carbocycles. The normalized spacial score (nSPS) is 27.2. The Morgan fingerprint density at radius 3 is 3.12 bits per heavy atom. The molecule has 90 valence electrons. The molecule has 1 aliphatic rings. The highest BCUT2D eigenvalue weighted by atomic mass is 32.2. The van der Waals surface area contributed by atoms with Gasteiger partial charge in [-0.1, -0.05) is 6.92 Å². The van der Waals surface area contributed by atoms with Gasteiger partial charge in [-0.2, -0.15) is 16.9 Å². The summed E-state index contributed by atoms with van der Waals surface area (Å²) >= 11 is 2.01. The highest BCUT2D eigenvalue weighted by Gasteiger charge is 2.37. The van der Waals surface area contributed by atoms with E-state index >= 15 is 0 Å². The van der Waals surface area contributed by atoms with E-state index in [-0.39, 0.29) is 10.8 Å². The minimum Gasteiger partial charge on any atom is -0.322 e. The van der Waals surface area contributed by atoms with Crippen LogP contribution in [-0.2, 0) is 6.54 Å². The highest BCUT2D eigenvalue weighted by Crippen LogP contribution is 2.45. The Bertz CT molecular complexity index is 342. The summed E-state index contributed by atoms with van der Waals surface area (Å²) in [5.41, 5.74) is 7.62. The first-order valence-electron chi connectivity index (χ1n) is 6.08. The van der Waals surface area contributed by atoms with Crippen LogP contribution < -0.4 is 5.73 Å². The topological polar surface area (TPSA) is 43.8 Å². The quantitative estimate of drug-likeness (QED) is 0.878. The Hall–Kier alpha value is -0.480. The molecule has 1 saturated heterocycles. The SMILES string of the molecule is CCCn1nccc1C(N)C1(C)CCCS1. The zero-order valence-electron chi connectivity index (χ0n) is 10.1. The Kier molecular flexibility index (Phi) is 3.60. The second kappa shape index (κ2) is 4.80. The van der Waals surface area contributed by atoms with Crippen LogP contribution in [0.2, 0.25) is 0 Å². The van der Waals surface area contributed by atoms with Crippen LogP contribution in [0.15, 0.2) is 12.3 Å². The van der Waals surface area contributed by atoms with E-state index < -0.39 is 0 Å². The second-order valence-corrected chi connectivity index (χ2v) is 6.35. The van der Waals surface area contributed by atoms with Crippen LogP contribution in [0.1, 0.15) is 44.8 Å². The molecule has 16 heavy (non-hydrogen) atoms. The fourth-order valence-electron chi connectivity index (χ4n) is 2.36. The van der Waals surface area contributed by atoms with Crippen molar-refractivity contribution in [2.45, 2.75) is 50.4 Å². The summed E-state index contributed by atoms with van der Waals surface area (Å²) in [4.78, 5) is 0. The number of nitrogens with zero attached hydrogens (tertiary/aromatic N) is 2. The smallest absolute Gasteiger partial charge is 0.0613 e. The van der Waals surface area contributed by atoms with Gasteiger partial charge in [-0.25, -0.2) is 0 Å². The van der Waals surface area contributed by atoms with E-state index in [2.05, 4.69) is 29.7 Å². The van der Waals surface area contributed by atoms with Gasteiger partial charge >= 0.3 is 0 Å². The summed E-state index contributed by atoms with van der Waals surface area (Å²) in [6.45, 7) is 5.43. The minimum absolute atomic E-state index is 0.106. The van der Waals surface area contributed by atoms with Crippen molar-refractivity contribution in [3.05, 3.63) is 18.0 Å². The van der Waals surface area contributed by atoms with E-state index in [1.54, 1.807) is 0 Å². The third-order valence-electron chi connectivity index (χ3n) is 3.41. The maximum Gasteiger partial charge on any atom is 0.0613 e. The van der Waals surface area contributed by atoms with Gasteiger partial charge in [0.15, 0.2) is 0 Å². The molecule has 4 heteroatoms. The molecular formula is C12H21N3S. The van der Waals surface area contributed by atoms with E-state index in [1.807, 2.05) is 18.0 Å². The summed E-state index contributed by atoms with van der Waals surface area (Å²) in [5.74, 6) is 1.24. The molecule has 0 spiro atoms. The van der Waals surface area contributed by atoms with E-state index in [4.69, 9.17) is 5.73 Å². The van der Waals surface area contributed by atoms with Gasteiger partial charge in [-0.15, -0.1) is 0 Å². The Morgan fingerprint density at radius 1 is 1.69 bits per heavy atom. The van der Waals surface area contributed by atoms with Gasteiger partial charge in [0, 0.05) is 17.5 Å². The molecule has 1 aromatic rings. The number of thioether (sulfide) groups is 1. The standard InChI is InChI=1S/C12H21N3S/c1-3-8-15-10(5-7-14-15)11(13)12(2)6-4-9-16-12/h5,7,11H,3-4,6,8-9,13H2,1-2H3. The van der Waals surface area contributed by atoms with Crippen molar-refractivity contribution in [1.82, 2.24) is 9.78 Å². The average Bonchev–Trinajstić information content (AvgIpc) is 2.88. The molecular weight excluding hydrogens is 218 g/mol. The van der Waals surface area contributed by atoms with E-state index in [0.717, 1.165) is 13.0 Å². The van der Waals surface area contributed by atoms with Gasteiger partial charge in [-0.05, 0) is 38.0 Å². The van der Waals surface area contributed by atoms with Crippen molar-refractivity contribution in [3.8, 4) is 0 Å². The maximum atomic E-state index is 6.43. The molecule has 0 radical (unpaired) electrons. The van der Waals surface area contributed by atoms with Crippen molar-refractivity contribution in [2.24, 2.45) is 5.73 Å². The van der Waals surface area contributed by atoms with E-state index in [1.165, 1.54) is 24.3 Å². The summed E-state index contributed by atoms with van der Waals surface area (Å²) in [6.07, 6.45) is 5.48. The molecule has 0 aromatic carbocycles. The van der Waals surface area contributed by atoms with Gasteiger partial charge in [0.1, 0.15) is 0 Å². The fourth-order valence-corrected chi connectivity index (χ4v) is 3.71. The molecule has 3 nitrogen and oxygen atoms in total. The third kappa shape index (κ3) is 2.13. The van der Waals surface area contributed by atoms with Crippen LogP contribution in [0.5, 0.6) is 0 Å². The average molecular weight is 239 g/mol. The van der Waals surface area contributed by atoms with Crippen molar-refractivity contribution in [1.29, 1.82) is 0 Å². The molecule has 2 rings (SSSR count). The van der Waals surface area contributed by atoms with Gasteiger partial charge in [0.2, 0.25) is 0 Å². The third-order valence-corrected chi connectivity index (χ3v) is 5.02. The van der Waals surface area contributed by atoms with Crippen molar-refractivity contribution >= 4 is 11.8 Å². The fraction of sp³-hybridized carbons (Fsp3) is 0.750. The summed E-state index contributed by atoms with van der Waals surface area (Å²) in [6, 6.07) is 2.18. The van der Waals surface area contributed by atoms with E-state index in [0.29, 0.717) is 0 Å². The van der Waals surface area contributed by atoms with Crippen LogP contribution >= 0.6 is 11.8 Å². The molecule has 0 aliphatic carbocycles. The first-order chi connectivity index (χ1) is 7.67. The molecule has 2 heterocycles. The summed E-state index contributed by atoms with van der Waals surface area (Å²) in [5, 5.41) is 4.36. The first-order valence-corrected chi connectivity index (χ1v) is 7.07. The zero-order valence-corrected chi connectivity index (χ0v) is 11.0. The van der Waals surface area contributed by atoms with Gasteiger partial charge in [-0.3, -0.25) is 4.68 Å². The van der Waals surface area contributed by atoms with Gasteiger partial charge in [0.05, 0.1) is 11.7 Å². The maximum absolute atomic E-state index is 6.43. The van der Waals surface area contributed by atoms with Crippen LogP contribution in [0.25, 0.3) is 0 Å². The van der Waals surface area contributed by atoms with Crippen LogP contribution in [0.3, 0.4) is 0 Å². The lowest BCUT2D eigenvalue weighted by atomic mass is 9.94. The van der Waals surface area contributed by atoms with Gasteiger partial charge < -0.3 is 5.73 Å². The summed E-state index contributed by atoms with van der Waals surface area (Å²) in [7, 11) is 0.